The first-order valence-electron chi connectivity index (χ1n) is 2.12. The summed E-state index contributed by atoms with van der Waals surface area (Å²) < 4.78 is 0. The normalized spacial score (nSPS) is 28.1. The van der Waals surface area contributed by atoms with Crippen molar-refractivity contribution < 1.29 is 9.90 Å². The molecule has 1 atom stereocenters. The minimum absolute atomic E-state index is 0.00231. The van der Waals surface area contributed by atoms with Crippen molar-refractivity contribution in [3.8, 4) is 0 Å². The first-order chi connectivity index (χ1) is 3.64. The van der Waals surface area contributed by atoms with Crippen molar-refractivity contribution in [3.05, 3.63) is 11.4 Å². The third-order valence-electron chi connectivity index (χ3n) is 1.12. The molecule has 0 saturated carbocycles. The highest BCUT2D eigenvalue weighted by molar-refractivity contribution is 6.07. The van der Waals surface area contributed by atoms with Crippen LogP contribution < -0.4 is 11.5 Å². The van der Waals surface area contributed by atoms with E-state index in [0.29, 0.717) is 0 Å². The van der Waals surface area contributed by atoms with Gasteiger partial charge in [-0.25, -0.2) is 0 Å². The molecule has 44 valence electrons. The van der Waals surface area contributed by atoms with Crippen molar-refractivity contribution in [1.82, 2.24) is 0 Å². The Balaban J connectivity index is 2.90. The lowest BCUT2D eigenvalue weighted by Crippen LogP contribution is -2.43. The summed E-state index contributed by atoms with van der Waals surface area (Å²) in [5.41, 5.74) is 10.1. The lowest BCUT2D eigenvalue weighted by Gasteiger charge is -2.20. The highest BCUT2D eigenvalue weighted by Gasteiger charge is 2.33. The lowest BCUT2D eigenvalue weighted by molar-refractivity contribution is -0.124. The van der Waals surface area contributed by atoms with Gasteiger partial charge >= 0.3 is 0 Å². The molecule has 5 N–H and O–H groups in total. The maximum Gasteiger partial charge on any atom is 0.214 e. The second-order valence-electron chi connectivity index (χ2n) is 1.64. The molecule has 4 heteroatoms. The van der Waals surface area contributed by atoms with E-state index in [4.69, 9.17) is 16.6 Å². The van der Waals surface area contributed by atoms with Gasteiger partial charge in [-0.05, 0) is 0 Å². The Morgan fingerprint density at radius 1 is 1.50 bits per heavy atom. The second-order valence-corrected chi connectivity index (χ2v) is 1.64. The molecule has 0 amide bonds. The van der Waals surface area contributed by atoms with Crippen molar-refractivity contribution in [3.63, 3.8) is 0 Å². The van der Waals surface area contributed by atoms with Gasteiger partial charge in [0.15, 0.2) is 6.10 Å². The van der Waals surface area contributed by atoms with Crippen LogP contribution in [0.5, 0.6) is 0 Å². The number of nitrogens with two attached hydrogens (primary N) is 2. The summed E-state index contributed by atoms with van der Waals surface area (Å²) in [6, 6.07) is 0. The van der Waals surface area contributed by atoms with Gasteiger partial charge < -0.3 is 16.6 Å². The number of aliphatic hydroxyl groups is 1. The van der Waals surface area contributed by atoms with E-state index in [1.165, 1.54) is 0 Å². The van der Waals surface area contributed by atoms with Crippen LogP contribution in [-0.4, -0.2) is 17.0 Å². The van der Waals surface area contributed by atoms with Gasteiger partial charge in [-0.1, -0.05) is 0 Å². The summed E-state index contributed by atoms with van der Waals surface area (Å²) in [4.78, 5) is 10.3. The lowest BCUT2D eigenvalue weighted by atomic mass is 9.97. The molecule has 0 aromatic heterocycles. The van der Waals surface area contributed by atoms with Crippen molar-refractivity contribution in [2.75, 3.05) is 0 Å². The molecule has 1 aliphatic rings. The minimum Gasteiger partial charge on any atom is -0.398 e. The number of carbonyl (C=O) groups excluding carboxylic acids is 1. The van der Waals surface area contributed by atoms with E-state index < -0.39 is 11.9 Å². The van der Waals surface area contributed by atoms with E-state index in [1.807, 2.05) is 0 Å². The quantitative estimate of drug-likeness (QED) is 0.341. The molecule has 0 aromatic rings. The van der Waals surface area contributed by atoms with E-state index in [9.17, 15) is 4.79 Å². The number of hydrogen-bond donors (Lipinski definition) is 3. The average Bonchev–Trinajstić information content (AvgIpc) is 1.83. The third-order valence-corrected chi connectivity index (χ3v) is 1.12. The largest absolute Gasteiger partial charge is 0.398 e. The maximum atomic E-state index is 10.3. The van der Waals surface area contributed by atoms with Gasteiger partial charge in [-0.15, -0.1) is 0 Å². The number of Topliss-reactive ketones (excluding diaryl/α,β-unsaturated/α-hetero) is 1. The molecule has 0 saturated heterocycles. The van der Waals surface area contributed by atoms with Crippen LogP contribution in [0.1, 0.15) is 0 Å². The predicted octanol–water partition coefficient (Wildman–Crippen LogP) is -1.94. The number of aliphatic hydroxyl groups excluding tert-OH is 1. The molecule has 0 fully saturated rings. The van der Waals surface area contributed by atoms with Crippen LogP contribution in [0.15, 0.2) is 11.4 Å². The van der Waals surface area contributed by atoms with Crippen molar-refractivity contribution >= 4 is 5.78 Å². The van der Waals surface area contributed by atoms with Crippen LogP contribution in [0.4, 0.5) is 0 Å². The number of hydrogen-bond acceptors (Lipinski definition) is 4. The molecular weight excluding hydrogens is 108 g/mol. The predicted molar refractivity (Wildman–Crippen MR) is 26.4 cm³/mol. The summed E-state index contributed by atoms with van der Waals surface area (Å²) in [5.74, 6) is -0.470. The molecule has 0 heterocycles. The van der Waals surface area contributed by atoms with Gasteiger partial charge in [-0.3, -0.25) is 4.79 Å². The second kappa shape index (κ2) is 1.23. The number of ketones is 1. The summed E-state index contributed by atoms with van der Waals surface area (Å²) in [5, 5.41) is 8.54. The molecule has 8 heavy (non-hydrogen) atoms. The van der Waals surface area contributed by atoms with Crippen molar-refractivity contribution in [2.45, 2.75) is 6.10 Å². The van der Waals surface area contributed by atoms with Crippen LogP contribution >= 0.6 is 0 Å². The topological polar surface area (TPSA) is 89.3 Å². The first kappa shape index (κ1) is 5.11. The molecule has 0 aromatic carbocycles. The maximum absolute atomic E-state index is 10.3. The molecule has 1 unspecified atom stereocenters. The standard InChI is InChI=1S/C4H6N2O2/c5-1-2(6)4(8)3(1)7/h3,7H,5-6H2. The molecule has 1 rings (SSSR count). The smallest absolute Gasteiger partial charge is 0.214 e. The van der Waals surface area contributed by atoms with Gasteiger partial charge in [-0.2, -0.15) is 0 Å². The molecule has 0 bridgehead atoms. The zero-order valence-electron chi connectivity index (χ0n) is 4.09. The van der Waals surface area contributed by atoms with Gasteiger partial charge in [0, 0.05) is 0 Å². The monoisotopic (exact) mass is 114 g/mol. The molecule has 0 aliphatic heterocycles. The Bertz CT molecular complexity index is 173. The van der Waals surface area contributed by atoms with Crippen molar-refractivity contribution in [2.24, 2.45) is 11.5 Å². The average molecular weight is 114 g/mol. The zero-order chi connectivity index (χ0) is 6.31. The van der Waals surface area contributed by atoms with E-state index in [2.05, 4.69) is 0 Å². The molecule has 0 radical (unpaired) electrons. The summed E-state index contributed by atoms with van der Waals surface area (Å²) in [6.07, 6.45) is -1.13. The highest BCUT2D eigenvalue weighted by atomic mass is 16.3. The van der Waals surface area contributed by atoms with Crippen LogP contribution in [0.3, 0.4) is 0 Å². The molecule has 1 aliphatic carbocycles. The van der Waals surface area contributed by atoms with E-state index in [0.717, 1.165) is 0 Å². The van der Waals surface area contributed by atoms with E-state index in [1.54, 1.807) is 0 Å². The van der Waals surface area contributed by atoms with Crippen LogP contribution in [0.25, 0.3) is 0 Å². The number of rotatable bonds is 0. The number of carbonyl (C=O) groups is 1. The fourth-order valence-electron chi connectivity index (χ4n) is 0.500. The SMILES string of the molecule is NC1=C(N)C(O)C1=O. The Morgan fingerprint density at radius 3 is 2.12 bits per heavy atom. The fraction of sp³-hybridized carbons (Fsp3) is 0.250. The Labute approximate surface area is 45.8 Å². The zero-order valence-corrected chi connectivity index (χ0v) is 4.09. The van der Waals surface area contributed by atoms with Crippen molar-refractivity contribution in [1.29, 1.82) is 0 Å². The van der Waals surface area contributed by atoms with E-state index >= 15 is 0 Å². The highest BCUT2D eigenvalue weighted by Crippen LogP contribution is 2.13. The first-order valence-corrected chi connectivity index (χ1v) is 2.12. The minimum atomic E-state index is -1.13. The molecule has 4 nitrogen and oxygen atoms in total. The summed E-state index contributed by atoms with van der Waals surface area (Å²) >= 11 is 0. The fourth-order valence-corrected chi connectivity index (χ4v) is 0.500. The summed E-state index contributed by atoms with van der Waals surface area (Å²) in [6.45, 7) is 0. The van der Waals surface area contributed by atoms with Crippen LogP contribution in [0.2, 0.25) is 0 Å². The van der Waals surface area contributed by atoms with E-state index in [-0.39, 0.29) is 11.4 Å². The Kier molecular flexibility index (Phi) is 0.783. The van der Waals surface area contributed by atoms with Gasteiger partial charge in [0.25, 0.3) is 0 Å². The molecular formula is C4H6N2O2. The Morgan fingerprint density at radius 2 is 2.00 bits per heavy atom. The van der Waals surface area contributed by atoms with Gasteiger partial charge in [0.1, 0.15) is 5.70 Å². The molecule has 0 spiro atoms. The van der Waals surface area contributed by atoms with Gasteiger partial charge in [0.2, 0.25) is 5.78 Å². The summed E-state index contributed by atoms with van der Waals surface area (Å²) in [7, 11) is 0. The van der Waals surface area contributed by atoms with Crippen LogP contribution in [0, 0.1) is 0 Å². The third kappa shape index (κ3) is 0.350. The van der Waals surface area contributed by atoms with Gasteiger partial charge in [0.05, 0.1) is 5.70 Å². The Hall–Kier alpha value is -1.03. The van der Waals surface area contributed by atoms with Crippen LogP contribution in [-0.2, 0) is 4.79 Å².